The second kappa shape index (κ2) is 13.6. The van der Waals surface area contributed by atoms with E-state index in [0.29, 0.717) is 0 Å². The normalized spacial score (nSPS) is 16.3. The lowest BCUT2D eigenvalue weighted by Gasteiger charge is -2.22. The zero-order valence-electron chi connectivity index (χ0n) is 20.2. The Morgan fingerprint density at radius 2 is 1.23 bits per heavy atom. The summed E-state index contributed by atoms with van der Waals surface area (Å²) in [5, 5.41) is 0. The van der Waals surface area contributed by atoms with Crippen LogP contribution in [-0.4, -0.2) is 0 Å². The Morgan fingerprint density at radius 1 is 0.645 bits per heavy atom. The summed E-state index contributed by atoms with van der Waals surface area (Å²) in [6, 6.07) is 18.6. The molecule has 0 heteroatoms. The number of aryl methyl sites for hydroxylation is 1. The quantitative estimate of drug-likeness (QED) is 0.285. The summed E-state index contributed by atoms with van der Waals surface area (Å²) in [5.41, 5.74) is 7.15. The molecule has 0 N–H and O–H groups in total. The van der Waals surface area contributed by atoms with Crippen LogP contribution < -0.4 is 0 Å². The molecule has 3 rings (SSSR count). The summed E-state index contributed by atoms with van der Waals surface area (Å²) < 4.78 is 0. The van der Waals surface area contributed by atoms with Crippen LogP contribution >= 0.6 is 0 Å². The maximum atomic E-state index is 2.52. The van der Waals surface area contributed by atoms with E-state index in [4.69, 9.17) is 0 Å². The average molecular weight is 417 g/mol. The first kappa shape index (κ1) is 23.8. The Bertz CT molecular complexity index is 763. The summed E-state index contributed by atoms with van der Waals surface area (Å²) in [4.78, 5) is 0. The van der Waals surface area contributed by atoms with Crippen molar-refractivity contribution in [3.8, 4) is 11.1 Å². The molecule has 168 valence electrons. The van der Waals surface area contributed by atoms with Crippen LogP contribution in [0.1, 0.15) is 108 Å². The molecule has 2 aromatic rings. The molecule has 1 aliphatic carbocycles. The fourth-order valence-corrected chi connectivity index (χ4v) is 4.95. The topological polar surface area (TPSA) is 0 Å². The van der Waals surface area contributed by atoms with Gasteiger partial charge in [0.2, 0.25) is 0 Å². The average Bonchev–Trinajstić information content (AvgIpc) is 2.82. The minimum Gasteiger partial charge on any atom is -0.0804 e. The van der Waals surface area contributed by atoms with Crippen molar-refractivity contribution in [2.24, 2.45) is 5.92 Å². The molecule has 0 aliphatic heterocycles. The molecule has 0 fully saturated rings. The van der Waals surface area contributed by atoms with E-state index in [1.807, 2.05) is 0 Å². The van der Waals surface area contributed by atoms with E-state index in [1.165, 1.54) is 112 Å². The lowest BCUT2D eigenvalue weighted by Crippen LogP contribution is -2.05. The first-order valence-electron chi connectivity index (χ1n) is 13.2. The van der Waals surface area contributed by atoms with Gasteiger partial charge in [0, 0.05) is 0 Å². The highest BCUT2D eigenvalue weighted by Crippen LogP contribution is 2.33. The van der Waals surface area contributed by atoms with Crippen LogP contribution in [0.3, 0.4) is 0 Å². The van der Waals surface area contributed by atoms with Crippen molar-refractivity contribution in [1.29, 1.82) is 0 Å². The third kappa shape index (κ3) is 7.99. The smallest absolute Gasteiger partial charge is 0.0184 e. The molecular weight excluding hydrogens is 372 g/mol. The van der Waals surface area contributed by atoms with Crippen LogP contribution in [0.25, 0.3) is 16.7 Å². The van der Waals surface area contributed by atoms with E-state index < -0.39 is 0 Å². The second-order valence-corrected chi connectivity index (χ2v) is 9.66. The summed E-state index contributed by atoms with van der Waals surface area (Å²) in [5.74, 6) is 0.921. The first-order valence-corrected chi connectivity index (χ1v) is 13.2. The fourth-order valence-electron chi connectivity index (χ4n) is 4.95. The van der Waals surface area contributed by atoms with Crippen LogP contribution in [0.15, 0.2) is 54.6 Å². The molecule has 0 bridgehead atoms. The summed E-state index contributed by atoms with van der Waals surface area (Å²) in [6.07, 6.45) is 21.4. The van der Waals surface area contributed by atoms with Gasteiger partial charge in [-0.05, 0) is 65.8 Å². The van der Waals surface area contributed by atoms with Gasteiger partial charge in [-0.3, -0.25) is 0 Å². The summed E-state index contributed by atoms with van der Waals surface area (Å²) in [7, 11) is 0. The van der Waals surface area contributed by atoms with Gasteiger partial charge in [-0.25, -0.2) is 0 Å². The zero-order chi connectivity index (χ0) is 21.7. The molecule has 0 amide bonds. The number of allylic oxidation sites excluding steroid dienone is 2. The van der Waals surface area contributed by atoms with Gasteiger partial charge in [0.15, 0.2) is 0 Å². The Morgan fingerprint density at radius 3 is 1.87 bits per heavy atom. The highest BCUT2D eigenvalue weighted by molar-refractivity contribution is 5.71. The molecule has 0 saturated heterocycles. The lowest BCUT2D eigenvalue weighted by molar-refractivity contribution is 0.428. The van der Waals surface area contributed by atoms with Crippen LogP contribution in [0.2, 0.25) is 0 Å². The van der Waals surface area contributed by atoms with Gasteiger partial charge in [0.1, 0.15) is 0 Å². The molecule has 1 aliphatic rings. The molecule has 0 heterocycles. The number of unbranched alkanes of at least 4 members (excludes halogenated alkanes) is 7. The van der Waals surface area contributed by atoms with Crippen LogP contribution in [0.5, 0.6) is 0 Å². The Kier molecular flexibility index (Phi) is 10.4. The number of hydrogen-bond acceptors (Lipinski definition) is 0. The molecule has 2 aromatic carbocycles. The molecule has 31 heavy (non-hydrogen) atoms. The maximum absolute atomic E-state index is 2.52. The van der Waals surface area contributed by atoms with E-state index in [0.717, 1.165) is 5.92 Å². The molecule has 0 nitrogen and oxygen atoms in total. The van der Waals surface area contributed by atoms with Crippen molar-refractivity contribution in [2.75, 3.05) is 0 Å². The van der Waals surface area contributed by atoms with Crippen molar-refractivity contribution in [3.05, 3.63) is 65.7 Å². The van der Waals surface area contributed by atoms with Crippen LogP contribution in [0, 0.1) is 5.92 Å². The molecule has 0 spiro atoms. The molecular formula is C31H44. The van der Waals surface area contributed by atoms with Gasteiger partial charge in [-0.2, -0.15) is 0 Å². The van der Waals surface area contributed by atoms with Crippen molar-refractivity contribution in [3.63, 3.8) is 0 Å². The predicted molar refractivity (Wildman–Crippen MR) is 138 cm³/mol. The van der Waals surface area contributed by atoms with Crippen LogP contribution in [0.4, 0.5) is 0 Å². The molecule has 0 aromatic heterocycles. The third-order valence-electron chi connectivity index (χ3n) is 7.10. The van der Waals surface area contributed by atoms with Gasteiger partial charge >= 0.3 is 0 Å². The molecule has 1 unspecified atom stereocenters. The van der Waals surface area contributed by atoms with E-state index in [9.17, 15) is 0 Å². The molecule has 1 atom stereocenters. The Balaban J connectivity index is 1.47. The van der Waals surface area contributed by atoms with E-state index in [1.54, 1.807) is 5.57 Å². The highest BCUT2D eigenvalue weighted by Gasteiger charge is 2.15. The molecule has 0 radical (unpaired) electrons. The van der Waals surface area contributed by atoms with E-state index in [-0.39, 0.29) is 0 Å². The van der Waals surface area contributed by atoms with Crippen LogP contribution in [-0.2, 0) is 6.42 Å². The Labute approximate surface area is 192 Å². The zero-order valence-corrected chi connectivity index (χ0v) is 20.2. The van der Waals surface area contributed by atoms with Gasteiger partial charge in [0.25, 0.3) is 0 Å². The van der Waals surface area contributed by atoms with Gasteiger partial charge in [0.05, 0.1) is 0 Å². The summed E-state index contributed by atoms with van der Waals surface area (Å²) >= 11 is 0. The fraction of sp³-hybridized carbons (Fsp3) is 0.548. The van der Waals surface area contributed by atoms with Crippen molar-refractivity contribution in [2.45, 2.75) is 104 Å². The standard InChI is InChI=1S/C31H44/c1-3-5-7-8-9-11-13-27-16-20-29(21-17-27)31-24-22-30(23-25-31)28-18-14-26(15-19-28)12-10-6-4-2/h16-18,20-26H,3-15,19H2,1-2H3. The number of rotatable bonds is 13. The molecule has 0 saturated carbocycles. The SMILES string of the molecule is CCCCCCCCc1ccc(-c2ccc(C3=CCC(CCCCC)CC3)cc2)cc1. The minimum atomic E-state index is 0.921. The van der Waals surface area contributed by atoms with Crippen molar-refractivity contribution < 1.29 is 0 Å². The van der Waals surface area contributed by atoms with Gasteiger partial charge in [-0.1, -0.05) is 126 Å². The highest BCUT2D eigenvalue weighted by atomic mass is 14.2. The minimum absolute atomic E-state index is 0.921. The van der Waals surface area contributed by atoms with E-state index in [2.05, 4.69) is 68.5 Å². The van der Waals surface area contributed by atoms with Crippen molar-refractivity contribution in [1.82, 2.24) is 0 Å². The number of hydrogen-bond donors (Lipinski definition) is 0. The first-order chi connectivity index (χ1) is 15.3. The largest absolute Gasteiger partial charge is 0.0804 e. The van der Waals surface area contributed by atoms with Gasteiger partial charge < -0.3 is 0 Å². The monoisotopic (exact) mass is 416 g/mol. The van der Waals surface area contributed by atoms with Crippen molar-refractivity contribution >= 4 is 5.57 Å². The summed E-state index contributed by atoms with van der Waals surface area (Å²) in [6.45, 7) is 4.58. The van der Waals surface area contributed by atoms with Gasteiger partial charge in [-0.15, -0.1) is 0 Å². The van der Waals surface area contributed by atoms with E-state index >= 15 is 0 Å². The third-order valence-corrected chi connectivity index (χ3v) is 7.10. The predicted octanol–water partition coefficient (Wildman–Crippen LogP) is 10.0. The lowest BCUT2D eigenvalue weighted by atomic mass is 9.83. The number of benzene rings is 2. The Hall–Kier alpha value is -1.82. The second-order valence-electron chi connectivity index (χ2n) is 9.66. The maximum Gasteiger partial charge on any atom is -0.0184 e.